The molecule has 0 saturated carbocycles. The van der Waals surface area contributed by atoms with Gasteiger partial charge in [0.15, 0.2) is 22.9 Å². The lowest BCUT2D eigenvalue weighted by Crippen LogP contribution is -2.38. The summed E-state index contributed by atoms with van der Waals surface area (Å²) in [5.74, 6) is -1.12. The number of carbonyl (C=O) groups excluding carboxylic acids is 2. The maximum absolute atomic E-state index is 13.5. The molecule has 3 aromatic rings. The molecule has 174 valence electrons. The van der Waals surface area contributed by atoms with E-state index < -0.39 is 23.5 Å². The van der Waals surface area contributed by atoms with Crippen LogP contribution < -0.4 is 4.74 Å². The normalized spacial score (nSPS) is 16.5. The summed E-state index contributed by atoms with van der Waals surface area (Å²) in [5, 5.41) is 11.7. The standard InChI is InChI=1S/C24H25ClN2O6/c1-4-26(5-2)8-9-27-20(16-7-6-10-32-16)19(22(29)24(27)30)21(28)17-12-14-11-15(25)13-18(31-3)23(14)33-17/h6-7,10-13,20,29H,4-5,8-9H2,1-3H3. The lowest BCUT2D eigenvalue weighted by molar-refractivity contribution is -0.129. The number of likely N-dealkylation sites (N-methyl/N-ethyl adjacent to an activating group) is 1. The maximum Gasteiger partial charge on any atom is 0.290 e. The number of hydrogen-bond donors (Lipinski definition) is 1. The molecule has 0 spiro atoms. The predicted octanol–water partition coefficient (Wildman–Crippen LogP) is 4.61. The van der Waals surface area contributed by atoms with Crippen molar-refractivity contribution in [2.24, 2.45) is 0 Å². The number of Topliss-reactive ketones (excluding diaryl/α,β-unsaturated/α-hetero) is 1. The second-order valence-electron chi connectivity index (χ2n) is 7.67. The van der Waals surface area contributed by atoms with Crippen LogP contribution in [-0.4, -0.2) is 59.9 Å². The van der Waals surface area contributed by atoms with Crippen molar-refractivity contribution in [3.05, 3.63) is 64.5 Å². The summed E-state index contributed by atoms with van der Waals surface area (Å²) in [6.45, 7) is 6.61. The fraction of sp³-hybridized carbons (Fsp3) is 0.333. The van der Waals surface area contributed by atoms with Crippen LogP contribution in [0.15, 0.2) is 56.8 Å². The second kappa shape index (κ2) is 9.33. The fourth-order valence-electron chi connectivity index (χ4n) is 4.13. The quantitative estimate of drug-likeness (QED) is 0.454. The molecule has 0 saturated heterocycles. The number of hydrogen-bond acceptors (Lipinski definition) is 7. The average Bonchev–Trinajstić information content (AvgIpc) is 3.53. The lowest BCUT2D eigenvalue weighted by atomic mass is 9.99. The molecule has 1 amide bonds. The molecule has 3 heterocycles. The molecule has 2 aromatic heterocycles. The van der Waals surface area contributed by atoms with Crippen molar-refractivity contribution in [3.63, 3.8) is 0 Å². The highest BCUT2D eigenvalue weighted by atomic mass is 35.5. The number of fused-ring (bicyclic) bond motifs is 1. The molecule has 1 aromatic carbocycles. The first-order valence-corrected chi connectivity index (χ1v) is 11.1. The van der Waals surface area contributed by atoms with Gasteiger partial charge in [-0.1, -0.05) is 25.4 Å². The van der Waals surface area contributed by atoms with Gasteiger partial charge in [-0.05, 0) is 37.4 Å². The van der Waals surface area contributed by atoms with E-state index in [4.69, 9.17) is 25.2 Å². The van der Waals surface area contributed by atoms with E-state index in [-0.39, 0.29) is 11.3 Å². The van der Waals surface area contributed by atoms with Crippen LogP contribution in [0, 0.1) is 0 Å². The van der Waals surface area contributed by atoms with Crippen LogP contribution in [0.2, 0.25) is 5.02 Å². The largest absolute Gasteiger partial charge is 0.503 e. The van der Waals surface area contributed by atoms with Gasteiger partial charge in [0.05, 0.1) is 18.9 Å². The minimum Gasteiger partial charge on any atom is -0.503 e. The molecule has 1 aliphatic heterocycles. The zero-order valence-electron chi connectivity index (χ0n) is 18.6. The second-order valence-corrected chi connectivity index (χ2v) is 8.11. The summed E-state index contributed by atoms with van der Waals surface area (Å²) in [6, 6.07) is 7.24. The van der Waals surface area contributed by atoms with Crippen LogP contribution in [0.1, 0.15) is 36.2 Å². The third kappa shape index (κ3) is 4.12. The molecular formula is C24H25ClN2O6. The molecule has 9 heteroatoms. The van der Waals surface area contributed by atoms with Crippen molar-refractivity contribution in [3.8, 4) is 5.75 Å². The van der Waals surface area contributed by atoms with Gasteiger partial charge in [-0.25, -0.2) is 0 Å². The maximum atomic E-state index is 13.5. The summed E-state index contributed by atoms with van der Waals surface area (Å²) in [5.41, 5.74) is 0.265. The minimum absolute atomic E-state index is 0.0398. The van der Waals surface area contributed by atoms with Crippen molar-refractivity contribution in [2.75, 3.05) is 33.3 Å². The first kappa shape index (κ1) is 22.9. The number of benzene rings is 1. The Morgan fingerprint density at radius 1 is 1.27 bits per heavy atom. The number of aliphatic hydroxyl groups excluding tert-OH is 1. The zero-order valence-corrected chi connectivity index (χ0v) is 19.4. The first-order chi connectivity index (χ1) is 15.9. The number of halogens is 1. The Kier molecular flexibility index (Phi) is 6.49. The van der Waals surface area contributed by atoms with Gasteiger partial charge in [-0.3, -0.25) is 9.59 Å². The molecule has 1 aliphatic rings. The van der Waals surface area contributed by atoms with E-state index in [1.54, 1.807) is 24.3 Å². The zero-order chi connectivity index (χ0) is 23.7. The third-order valence-corrected chi connectivity index (χ3v) is 6.12. The number of carbonyl (C=O) groups is 2. The van der Waals surface area contributed by atoms with E-state index in [2.05, 4.69) is 4.90 Å². The molecule has 0 aliphatic carbocycles. The number of ketones is 1. The van der Waals surface area contributed by atoms with E-state index >= 15 is 0 Å². The van der Waals surface area contributed by atoms with Crippen LogP contribution in [0.3, 0.4) is 0 Å². The summed E-state index contributed by atoms with van der Waals surface area (Å²) < 4.78 is 16.7. The highest BCUT2D eigenvalue weighted by Crippen LogP contribution is 2.40. The third-order valence-electron chi connectivity index (χ3n) is 5.90. The SMILES string of the molecule is CCN(CC)CCN1C(=O)C(O)=C(C(=O)c2cc3cc(Cl)cc(OC)c3o2)C1c1ccco1. The smallest absolute Gasteiger partial charge is 0.290 e. The molecule has 1 atom stereocenters. The molecule has 8 nitrogen and oxygen atoms in total. The van der Waals surface area contributed by atoms with Crippen LogP contribution in [0.5, 0.6) is 5.75 Å². The van der Waals surface area contributed by atoms with Crippen molar-refractivity contribution >= 4 is 34.3 Å². The van der Waals surface area contributed by atoms with E-state index in [1.807, 2.05) is 13.8 Å². The highest BCUT2D eigenvalue weighted by molar-refractivity contribution is 6.31. The summed E-state index contributed by atoms with van der Waals surface area (Å²) >= 11 is 6.13. The van der Waals surface area contributed by atoms with Gasteiger partial charge in [0, 0.05) is 29.6 Å². The van der Waals surface area contributed by atoms with Crippen LogP contribution in [0.25, 0.3) is 11.0 Å². The van der Waals surface area contributed by atoms with Crippen molar-refractivity contribution in [2.45, 2.75) is 19.9 Å². The first-order valence-electron chi connectivity index (χ1n) is 10.7. The molecule has 1 N–H and O–H groups in total. The van der Waals surface area contributed by atoms with Crippen molar-refractivity contribution < 1.29 is 28.3 Å². The molecular weight excluding hydrogens is 448 g/mol. The molecule has 0 bridgehead atoms. The Morgan fingerprint density at radius 3 is 2.67 bits per heavy atom. The number of rotatable bonds is 9. The number of aliphatic hydroxyl groups is 1. The molecule has 0 fully saturated rings. The predicted molar refractivity (Wildman–Crippen MR) is 123 cm³/mol. The Hall–Kier alpha value is -3.23. The number of ether oxygens (including phenoxy) is 1. The van der Waals surface area contributed by atoms with E-state index in [9.17, 15) is 14.7 Å². The van der Waals surface area contributed by atoms with Gasteiger partial charge >= 0.3 is 0 Å². The molecule has 4 rings (SSSR count). The van der Waals surface area contributed by atoms with Gasteiger partial charge < -0.3 is 28.5 Å². The van der Waals surface area contributed by atoms with E-state index in [0.29, 0.717) is 40.6 Å². The van der Waals surface area contributed by atoms with Gasteiger partial charge in [-0.15, -0.1) is 0 Å². The number of amides is 1. The van der Waals surface area contributed by atoms with Gasteiger partial charge in [0.2, 0.25) is 5.78 Å². The summed E-state index contributed by atoms with van der Waals surface area (Å²) in [7, 11) is 1.47. The molecule has 1 unspecified atom stereocenters. The highest BCUT2D eigenvalue weighted by Gasteiger charge is 2.45. The van der Waals surface area contributed by atoms with Crippen LogP contribution >= 0.6 is 11.6 Å². The Balaban J connectivity index is 1.74. The Bertz CT molecular complexity index is 1210. The van der Waals surface area contributed by atoms with Crippen LogP contribution in [-0.2, 0) is 4.79 Å². The summed E-state index contributed by atoms with van der Waals surface area (Å²) in [6.07, 6.45) is 1.47. The average molecular weight is 473 g/mol. The van der Waals surface area contributed by atoms with Crippen LogP contribution in [0.4, 0.5) is 0 Å². The molecule has 33 heavy (non-hydrogen) atoms. The van der Waals surface area contributed by atoms with Gasteiger partial charge in [0.1, 0.15) is 11.8 Å². The fourth-order valence-corrected chi connectivity index (χ4v) is 4.35. The van der Waals surface area contributed by atoms with Gasteiger partial charge in [-0.2, -0.15) is 0 Å². The minimum atomic E-state index is -0.866. The monoisotopic (exact) mass is 472 g/mol. The van der Waals surface area contributed by atoms with Crippen molar-refractivity contribution in [1.29, 1.82) is 0 Å². The molecule has 0 radical (unpaired) electrons. The van der Waals surface area contributed by atoms with Gasteiger partial charge in [0.25, 0.3) is 5.91 Å². The number of nitrogens with zero attached hydrogens (tertiary/aromatic N) is 2. The lowest BCUT2D eigenvalue weighted by Gasteiger charge is -2.27. The van der Waals surface area contributed by atoms with Crippen molar-refractivity contribution in [1.82, 2.24) is 9.80 Å². The van der Waals surface area contributed by atoms with E-state index in [0.717, 1.165) is 13.1 Å². The topological polar surface area (TPSA) is 96.4 Å². The Morgan fingerprint density at radius 2 is 2.03 bits per heavy atom. The number of methoxy groups -OCH3 is 1. The Labute approximate surface area is 195 Å². The van der Waals surface area contributed by atoms with E-state index in [1.165, 1.54) is 24.3 Å². The summed E-state index contributed by atoms with van der Waals surface area (Å²) in [4.78, 5) is 30.2. The number of furan rings is 2.